The molecule has 0 heterocycles. The number of para-hydroxylation sites is 1. The van der Waals surface area contributed by atoms with Crippen molar-refractivity contribution in [3.8, 4) is 5.75 Å². The van der Waals surface area contributed by atoms with Crippen molar-refractivity contribution in [1.82, 2.24) is 0 Å². The molecule has 94 valence electrons. The second-order valence-corrected chi connectivity index (χ2v) is 4.42. The summed E-state index contributed by atoms with van der Waals surface area (Å²) < 4.78 is 18.6. The SMILES string of the molecule is Cc1cccc(OCc2cc(F)ccc2Cl)c1N. The van der Waals surface area contributed by atoms with Crippen LogP contribution in [0.1, 0.15) is 11.1 Å². The van der Waals surface area contributed by atoms with Gasteiger partial charge < -0.3 is 10.5 Å². The molecule has 0 saturated carbocycles. The highest BCUT2D eigenvalue weighted by atomic mass is 35.5. The maximum Gasteiger partial charge on any atom is 0.142 e. The van der Waals surface area contributed by atoms with Crippen molar-refractivity contribution in [2.24, 2.45) is 0 Å². The van der Waals surface area contributed by atoms with Gasteiger partial charge in [-0.05, 0) is 36.8 Å². The summed E-state index contributed by atoms with van der Waals surface area (Å²) >= 11 is 5.96. The van der Waals surface area contributed by atoms with Gasteiger partial charge in [0.25, 0.3) is 0 Å². The molecule has 4 heteroatoms. The third-order valence-corrected chi connectivity index (χ3v) is 3.04. The first-order valence-corrected chi connectivity index (χ1v) is 5.87. The maximum atomic E-state index is 13.1. The summed E-state index contributed by atoms with van der Waals surface area (Å²) in [5.74, 6) is 0.241. The number of nitrogens with two attached hydrogens (primary N) is 1. The zero-order valence-electron chi connectivity index (χ0n) is 9.91. The van der Waals surface area contributed by atoms with Crippen LogP contribution in [0.5, 0.6) is 5.75 Å². The number of benzene rings is 2. The molecule has 0 amide bonds. The van der Waals surface area contributed by atoms with Crippen LogP contribution in [-0.2, 0) is 6.61 Å². The van der Waals surface area contributed by atoms with Gasteiger partial charge in [-0.3, -0.25) is 0 Å². The van der Waals surface area contributed by atoms with E-state index < -0.39 is 0 Å². The summed E-state index contributed by atoms with van der Waals surface area (Å²) in [4.78, 5) is 0. The van der Waals surface area contributed by atoms with Crippen molar-refractivity contribution in [3.05, 3.63) is 58.4 Å². The Bertz CT molecular complexity index is 570. The highest BCUT2D eigenvalue weighted by molar-refractivity contribution is 6.31. The number of anilines is 1. The van der Waals surface area contributed by atoms with Crippen molar-refractivity contribution < 1.29 is 9.13 Å². The summed E-state index contributed by atoms with van der Waals surface area (Å²) in [7, 11) is 0. The Labute approximate surface area is 110 Å². The number of hydrogen-bond acceptors (Lipinski definition) is 2. The Morgan fingerprint density at radius 2 is 2.06 bits per heavy atom. The van der Waals surface area contributed by atoms with E-state index in [4.69, 9.17) is 22.1 Å². The fourth-order valence-electron chi connectivity index (χ4n) is 1.59. The van der Waals surface area contributed by atoms with Crippen LogP contribution in [0.2, 0.25) is 5.02 Å². The molecule has 0 aliphatic rings. The molecular formula is C14H13ClFNO. The van der Waals surface area contributed by atoms with Gasteiger partial charge in [0.15, 0.2) is 0 Å². The van der Waals surface area contributed by atoms with Crippen molar-refractivity contribution in [2.75, 3.05) is 5.73 Å². The molecule has 0 aromatic heterocycles. The molecule has 18 heavy (non-hydrogen) atoms. The second kappa shape index (κ2) is 5.27. The van der Waals surface area contributed by atoms with Gasteiger partial charge in [-0.1, -0.05) is 23.7 Å². The van der Waals surface area contributed by atoms with Crippen molar-refractivity contribution in [2.45, 2.75) is 13.5 Å². The van der Waals surface area contributed by atoms with Gasteiger partial charge in [0.05, 0.1) is 5.69 Å². The molecule has 2 rings (SSSR count). The van der Waals surface area contributed by atoms with Crippen LogP contribution in [-0.4, -0.2) is 0 Å². The highest BCUT2D eigenvalue weighted by Crippen LogP contribution is 2.26. The molecule has 0 bridgehead atoms. The lowest BCUT2D eigenvalue weighted by Crippen LogP contribution is -2.01. The van der Waals surface area contributed by atoms with Crippen LogP contribution in [0.25, 0.3) is 0 Å². The molecule has 0 saturated heterocycles. The summed E-state index contributed by atoms with van der Waals surface area (Å²) in [6.07, 6.45) is 0. The van der Waals surface area contributed by atoms with Crippen molar-refractivity contribution in [1.29, 1.82) is 0 Å². The Balaban J connectivity index is 2.16. The molecule has 2 nitrogen and oxygen atoms in total. The Kier molecular flexibility index (Phi) is 3.72. The predicted molar refractivity (Wildman–Crippen MR) is 71.3 cm³/mol. The van der Waals surface area contributed by atoms with Gasteiger partial charge in [0, 0.05) is 10.6 Å². The number of ether oxygens (including phenoxy) is 1. The Hall–Kier alpha value is -1.74. The van der Waals surface area contributed by atoms with Crippen LogP contribution in [0, 0.1) is 12.7 Å². The zero-order valence-corrected chi connectivity index (χ0v) is 10.7. The largest absolute Gasteiger partial charge is 0.487 e. The summed E-state index contributed by atoms with van der Waals surface area (Å²) in [6, 6.07) is 9.71. The van der Waals surface area contributed by atoms with Crippen molar-refractivity contribution in [3.63, 3.8) is 0 Å². The van der Waals surface area contributed by atoms with Gasteiger partial charge >= 0.3 is 0 Å². The molecule has 0 radical (unpaired) electrons. The average molecular weight is 266 g/mol. The molecule has 0 aliphatic heterocycles. The van der Waals surface area contributed by atoms with Gasteiger partial charge in [0.2, 0.25) is 0 Å². The number of nitrogen functional groups attached to an aromatic ring is 1. The molecule has 0 unspecified atom stereocenters. The second-order valence-electron chi connectivity index (χ2n) is 4.01. The van der Waals surface area contributed by atoms with Gasteiger partial charge in [0.1, 0.15) is 18.2 Å². The number of halogens is 2. The van der Waals surface area contributed by atoms with E-state index in [9.17, 15) is 4.39 Å². The molecule has 0 atom stereocenters. The number of hydrogen-bond donors (Lipinski definition) is 1. The van der Waals surface area contributed by atoms with E-state index in [2.05, 4.69) is 0 Å². The summed E-state index contributed by atoms with van der Waals surface area (Å²) in [6.45, 7) is 2.08. The first-order valence-electron chi connectivity index (χ1n) is 5.50. The topological polar surface area (TPSA) is 35.2 Å². The van der Waals surface area contributed by atoms with Gasteiger partial charge in [-0.2, -0.15) is 0 Å². The van der Waals surface area contributed by atoms with E-state index in [-0.39, 0.29) is 12.4 Å². The average Bonchev–Trinajstić information content (AvgIpc) is 2.35. The Morgan fingerprint density at radius 3 is 2.83 bits per heavy atom. The lowest BCUT2D eigenvalue weighted by Gasteiger charge is -2.11. The minimum Gasteiger partial charge on any atom is -0.487 e. The smallest absolute Gasteiger partial charge is 0.142 e. The molecule has 0 aliphatic carbocycles. The fraction of sp³-hybridized carbons (Fsp3) is 0.143. The third-order valence-electron chi connectivity index (χ3n) is 2.68. The quantitative estimate of drug-likeness (QED) is 0.853. The molecular weight excluding hydrogens is 253 g/mol. The van der Waals surface area contributed by atoms with Crippen molar-refractivity contribution >= 4 is 17.3 Å². The van der Waals surface area contributed by atoms with Gasteiger partial charge in [-0.15, -0.1) is 0 Å². The predicted octanol–water partition coefficient (Wildman–Crippen LogP) is 3.95. The molecule has 2 aromatic rings. The standard InChI is InChI=1S/C14H13ClFNO/c1-9-3-2-4-13(14(9)17)18-8-10-7-11(16)5-6-12(10)15/h2-7H,8,17H2,1H3. The number of rotatable bonds is 3. The first kappa shape index (κ1) is 12.7. The monoisotopic (exact) mass is 265 g/mol. The molecule has 0 fully saturated rings. The van der Waals surface area contributed by atoms with E-state index in [1.165, 1.54) is 18.2 Å². The zero-order chi connectivity index (χ0) is 13.1. The number of aryl methyl sites for hydroxylation is 1. The molecule has 0 spiro atoms. The molecule has 2 aromatic carbocycles. The maximum absolute atomic E-state index is 13.1. The van der Waals surface area contributed by atoms with Crippen LogP contribution in [0.3, 0.4) is 0 Å². The fourth-order valence-corrected chi connectivity index (χ4v) is 1.76. The summed E-state index contributed by atoms with van der Waals surface area (Å²) in [5, 5.41) is 0.475. The highest BCUT2D eigenvalue weighted by Gasteiger charge is 2.06. The molecule has 2 N–H and O–H groups in total. The van der Waals surface area contributed by atoms with E-state index in [1.54, 1.807) is 6.07 Å². The van der Waals surface area contributed by atoms with E-state index in [1.807, 2.05) is 19.1 Å². The van der Waals surface area contributed by atoms with E-state index in [0.717, 1.165) is 5.56 Å². The summed E-state index contributed by atoms with van der Waals surface area (Å²) in [5.41, 5.74) is 8.01. The van der Waals surface area contributed by atoms with Crippen LogP contribution in [0.4, 0.5) is 10.1 Å². The Morgan fingerprint density at radius 1 is 1.28 bits per heavy atom. The van der Waals surface area contributed by atoms with Crippen LogP contribution >= 0.6 is 11.6 Å². The van der Waals surface area contributed by atoms with Gasteiger partial charge in [-0.25, -0.2) is 4.39 Å². The first-order chi connectivity index (χ1) is 8.58. The van der Waals surface area contributed by atoms with Crippen LogP contribution in [0.15, 0.2) is 36.4 Å². The third kappa shape index (κ3) is 2.74. The lowest BCUT2D eigenvalue weighted by atomic mass is 10.2. The normalized spacial score (nSPS) is 10.4. The lowest BCUT2D eigenvalue weighted by molar-refractivity contribution is 0.307. The van der Waals surface area contributed by atoms with E-state index >= 15 is 0 Å². The van der Waals surface area contributed by atoms with E-state index in [0.29, 0.717) is 22.0 Å². The minimum absolute atomic E-state index is 0.185. The van der Waals surface area contributed by atoms with Crippen LogP contribution < -0.4 is 10.5 Å². The minimum atomic E-state index is -0.338.